The minimum Gasteiger partial charge on any atom is -0.349 e. The van der Waals surface area contributed by atoms with Crippen LogP contribution in [0.1, 0.15) is 23.8 Å². The quantitative estimate of drug-likeness (QED) is 0.764. The van der Waals surface area contributed by atoms with Crippen LogP contribution in [0.15, 0.2) is 36.5 Å². The van der Waals surface area contributed by atoms with Crippen LogP contribution in [0.4, 0.5) is 4.39 Å². The number of rotatable bonds is 7. The number of nitrogens with one attached hydrogen (secondary N) is 2. The van der Waals surface area contributed by atoms with Gasteiger partial charge in [-0.1, -0.05) is 6.92 Å². The van der Waals surface area contributed by atoms with Crippen LogP contribution in [0, 0.1) is 5.82 Å². The number of carbonyl (C=O) groups is 1. The first kappa shape index (κ1) is 15.2. The number of amides is 1. The topological polar surface area (TPSA) is 58.9 Å². The first-order valence-electron chi connectivity index (χ1n) is 7.01. The van der Waals surface area contributed by atoms with E-state index in [4.69, 9.17) is 0 Å². The van der Waals surface area contributed by atoms with Gasteiger partial charge < -0.3 is 10.6 Å². The maximum absolute atomic E-state index is 12.9. The van der Waals surface area contributed by atoms with Crippen LogP contribution in [0.3, 0.4) is 0 Å². The predicted octanol–water partition coefficient (Wildman–Crippen LogP) is 1.74. The summed E-state index contributed by atoms with van der Waals surface area (Å²) in [5.41, 5.74) is 1.05. The van der Waals surface area contributed by atoms with Crippen molar-refractivity contribution in [2.24, 2.45) is 0 Å². The van der Waals surface area contributed by atoms with Crippen molar-refractivity contribution in [2.75, 3.05) is 19.6 Å². The van der Waals surface area contributed by atoms with Gasteiger partial charge in [-0.2, -0.15) is 5.10 Å². The van der Waals surface area contributed by atoms with Gasteiger partial charge in [-0.3, -0.25) is 4.79 Å². The molecule has 0 aliphatic heterocycles. The summed E-state index contributed by atoms with van der Waals surface area (Å²) in [5.74, 6) is -0.516. The zero-order chi connectivity index (χ0) is 15.1. The summed E-state index contributed by atoms with van der Waals surface area (Å²) in [6, 6.07) is 7.57. The van der Waals surface area contributed by atoms with Gasteiger partial charge in [-0.05, 0) is 43.3 Å². The second-order valence-corrected chi connectivity index (χ2v) is 4.63. The molecule has 0 fully saturated rings. The van der Waals surface area contributed by atoms with E-state index in [-0.39, 0.29) is 11.7 Å². The van der Waals surface area contributed by atoms with Crippen LogP contribution in [-0.2, 0) is 0 Å². The minimum atomic E-state index is -0.302. The number of carbonyl (C=O) groups excluding carboxylic acids is 1. The van der Waals surface area contributed by atoms with E-state index in [2.05, 4.69) is 22.7 Å². The lowest BCUT2D eigenvalue weighted by molar-refractivity contribution is 0.0948. The second-order valence-electron chi connectivity index (χ2n) is 4.63. The highest BCUT2D eigenvalue weighted by atomic mass is 19.1. The molecule has 0 unspecified atom stereocenters. The van der Waals surface area contributed by atoms with Crippen LogP contribution >= 0.6 is 0 Å². The van der Waals surface area contributed by atoms with Crippen molar-refractivity contribution in [2.45, 2.75) is 13.3 Å². The zero-order valence-electron chi connectivity index (χ0n) is 12.0. The second kappa shape index (κ2) is 7.54. The monoisotopic (exact) mass is 290 g/mol. The molecule has 0 aliphatic rings. The summed E-state index contributed by atoms with van der Waals surface area (Å²) in [6.45, 7) is 4.32. The number of nitrogens with zero attached hydrogens (tertiary/aromatic N) is 2. The molecule has 0 saturated heterocycles. The summed E-state index contributed by atoms with van der Waals surface area (Å²) in [5, 5.41) is 10.2. The molecule has 0 radical (unpaired) electrons. The first-order chi connectivity index (χ1) is 10.2. The van der Waals surface area contributed by atoms with Crippen LogP contribution in [-0.4, -0.2) is 35.3 Å². The summed E-state index contributed by atoms with van der Waals surface area (Å²) in [7, 11) is 0. The van der Waals surface area contributed by atoms with Crippen molar-refractivity contribution in [3.63, 3.8) is 0 Å². The standard InChI is InChI=1S/C15H19FN4O/c1-2-8-17-9-10-18-15(21)14-7-11-20(19-14)13-5-3-12(16)4-6-13/h3-7,11,17H,2,8-10H2,1H3,(H,18,21). The fourth-order valence-electron chi connectivity index (χ4n) is 1.84. The van der Waals surface area contributed by atoms with E-state index in [1.54, 1.807) is 29.1 Å². The van der Waals surface area contributed by atoms with E-state index >= 15 is 0 Å². The van der Waals surface area contributed by atoms with Gasteiger partial charge in [0.15, 0.2) is 5.69 Å². The lowest BCUT2D eigenvalue weighted by Crippen LogP contribution is -2.32. The van der Waals surface area contributed by atoms with Crippen molar-refractivity contribution in [1.82, 2.24) is 20.4 Å². The van der Waals surface area contributed by atoms with Gasteiger partial charge in [0.25, 0.3) is 5.91 Å². The molecular weight excluding hydrogens is 271 g/mol. The van der Waals surface area contributed by atoms with Crippen molar-refractivity contribution >= 4 is 5.91 Å². The van der Waals surface area contributed by atoms with E-state index in [1.165, 1.54) is 12.1 Å². The van der Waals surface area contributed by atoms with E-state index in [0.717, 1.165) is 19.5 Å². The Morgan fingerprint density at radius 3 is 2.67 bits per heavy atom. The highest BCUT2D eigenvalue weighted by Crippen LogP contribution is 2.08. The van der Waals surface area contributed by atoms with Crippen LogP contribution in [0.5, 0.6) is 0 Å². The highest BCUT2D eigenvalue weighted by Gasteiger charge is 2.09. The zero-order valence-corrected chi connectivity index (χ0v) is 12.0. The van der Waals surface area contributed by atoms with Crippen LogP contribution in [0.2, 0.25) is 0 Å². The minimum absolute atomic E-state index is 0.214. The van der Waals surface area contributed by atoms with E-state index < -0.39 is 0 Å². The van der Waals surface area contributed by atoms with Crippen molar-refractivity contribution < 1.29 is 9.18 Å². The molecule has 1 heterocycles. The third-order valence-electron chi connectivity index (χ3n) is 2.93. The van der Waals surface area contributed by atoms with Gasteiger partial charge in [0.1, 0.15) is 5.82 Å². The summed E-state index contributed by atoms with van der Waals surface area (Å²) < 4.78 is 14.4. The molecule has 1 aromatic carbocycles. The molecule has 2 rings (SSSR count). The van der Waals surface area contributed by atoms with Crippen molar-refractivity contribution in [3.8, 4) is 5.69 Å². The lowest BCUT2D eigenvalue weighted by atomic mass is 10.3. The van der Waals surface area contributed by atoms with Crippen molar-refractivity contribution in [3.05, 3.63) is 48.0 Å². The van der Waals surface area contributed by atoms with E-state index in [0.29, 0.717) is 17.9 Å². The Hall–Kier alpha value is -2.21. The fourth-order valence-corrected chi connectivity index (χ4v) is 1.84. The smallest absolute Gasteiger partial charge is 0.271 e. The van der Waals surface area contributed by atoms with Gasteiger partial charge >= 0.3 is 0 Å². The molecule has 2 aromatic rings. The van der Waals surface area contributed by atoms with E-state index in [9.17, 15) is 9.18 Å². The fraction of sp³-hybridized carbons (Fsp3) is 0.333. The molecule has 6 heteroatoms. The number of halogens is 1. The molecule has 0 bridgehead atoms. The molecule has 1 amide bonds. The molecule has 112 valence electrons. The normalized spacial score (nSPS) is 10.6. The van der Waals surface area contributed by atoms with Gasteiger partial charge in [-0.15, -0.1) is 0 Å². The number of hydrogen-bond donors (Lipinski definition) is 2. The van der Waals surface area contributed by atoms with Gasteiger partial charge in [0.2, 0.25) is 0 Å². The number of hydrogen-bond acceptors (Lipinski definition) is 3. The third kappa shape index (κ3) is 4.39. The summed E-state index contributed by atoms with van der Waals surface area (Å²) in [4.78, 5) is 11.9. The Morgan fingerprint density at radius 2 is 1.95 bits per heavy atom. The molecule has 21 heavy (non-hydrogen) atoms. The van der Waals surface area contributed by atoms with Gasteiger partial charge in [0, 0.05) is 19.3 Å². The Morgan fingerprint density at radius 1 is 1.19 bits per heavy atom. The Balaban J connectivity index is 1.90. The van der Waals surface area contributed by atoms with Crippen LogP contribution < -0.4 is 10.6 Å². The van der Waals surface area contributed by atoms with Gasteiger partial charge in [0.05, 0.1) is 5.69 Å². The molecule has 2 N–H and O–H groups in total. The van der Waals surface area contributed by atoms with Gasteiger partial charge in [-0.25, -0.2) is 9.07 Å². The molecule has 1 aromatic heterocycles. The molecule has 0 saturated carbocycles. The van der Waals surface area contributed by atoms with Crippen molar-refractivity contribution in [1.29, 1.82) is 0 Å². The highest BCUT2D eigenvalue weighted by molar-refractivity contribution is 5.92. The van der Waals surface area contributed by atoms with E-state index in [1.807, 2.05) is 0 Å². The average Bonchev–Trinajstić information content (AvgIpc) is 2.97. The summed E-state index contributed by atoms with van der Waals surface area (Å²) in [6.07, 6.45) is 2.74. The SMILES string of the molecule is CCCNCCNC(=O)c1ccn(-c2ccc(F)cc2)n1. The molecule has 0 aliphatic carbocycles. The first-order valence-corrected chi connectivity index (χ1v) is 7.01. The Kier molecular flexibility index (Phi) is 5.45. The maximum atomic E-state index is 12.9. The predicted molar refractivity (Wildman–Crippen MR) is 79.0 cm³/mol. The Bertz CT molecular complexity index is 580. The summed E-state index contributed by atoms with van der Waals surface area (Å²) >= 11 is 0. The lowest BCUT2D eigenvalue weighted by Gasteiger charge is -2.04. The molecule has 0 atom stereocenters. The average molecular weight is 290 g/mol. The van der Waals surface area contributed by atoms with Crippen LogP contribution in [0.25, 0.3) is 5.69 Å². The largest absolute Gasteiger partial charge is 0.349 e. The number of benzene rings is 1. The molecule has 5 nitrogen and oxygen atoms in total. The third-order valence-corrected chi connectivity index (χ3v) is 2.93. The maximum Gasteiger partial charge on any atom is 0.271 e. The molecular formula is C15H19FN4O. The molecule has 0 spiro atoms. The number of aromatic nitrogens is 2. The Labute approximate surface area is 123 Å².